The van der Waals surface area contributed by atoms with Gasteiger partial charge >= 0.3 is 0 Å². The zero-order valence-corrected chi connectivity index (χ0v) is 11.1. The normalized spacial score (nSPS) is 10.7. The minimum Gasteiger partial charge on any atom is -1.00 e. The van der Waals surface area contributed by atoms with Crippen molar-refractivity contribution in [2.75, 3.05) is 12.5 Å². The lowest BCUT2D eigenvalue weighted by Gasteiger charge is -2.01. The van der Waals surface area contributed by atoms with E-state index in [-0.39, 0.29) is 23.5 Å². The van der Waals surface area contributed by atoms with Crippen LogP contribution in [0, 0.1) is 13.8 Å². The van der Waals surface area contributed by atoms with Crippen LogP contribution in [-0.4, -0.2) is 16.5 Å². The molecule has 0 aliphatic carbocycles. The summed E-state index contributed by atoms with van der Waals surface area (Å²) in [5.41, 5.74) is 4.19. The molecule has 0 spiro atoms. The van der Waals surface area contributed by atoms with Gasteiger partial charge in [-0.1, -0.05) is 18.2 Å². The van der Waals surface area contributed by atoms with Crippen LogP contribution in [0.4, 0.5) is 0 Å². The van der Waals surface area contributed by atoms with Gasteiger partial charge in [-0.3, -0.25) is 0 Å². The van der Waals surface area contributed by atoms with Crippen LogP contribution >= 0.6 is 0 Å². The Morgan fingerprint density at radius 1 is 1.07 bits per heavy atom. The summed E-state index contributed by atoms with van der Waals surface area (Å²) < 4.78 is 2.44. The van der Waals surface area contributed by atoms with Crippen molar-refractivity contribution in [2.45, 2.75) is 13.8 Å². The van der Waals surface area contributed by atoms with Crippen LogP contribution in [0.1, 0.15) is 11.3 Å². The highest BCUT2D eigenvalue weighted by atomic mass is 35.5. The van der Waals surface area contributed by atoms with Crippen LogP contribution < -0.4 is 12.4 Å². The second-order valence-electron chi connectivity index (χ2n) is 3.80. The van der Waals surface area contributed by atoms with Gasteiger partial charge in [0.05, 0.1) is 22.3 Å². The highest BCUT2D eigenvalue weighted by molar-refractivity contribution is 7.94. The quantitative estimate of drug-likeness (QED) is 0.615. The topological polar surface area (TPSA) is 4.93 Å². The second kappa shape index (κ2) is 4.50. The summed E-state index contributed by atoms with van der Waals surface area (Å²) >= 11 is 0.272. The van der Waals surface area contributed by atoms with Crippen molar-refractivity contribution in [3.8, 4) is 0 Å². The lowest BCUT2D eigenvalue weighted by molar-refractivity contribution is -0.00000312. The zero-order valence-electron chi connectivity index (χ0n) is 9.54. The molecule has 0 radical (unpaired) electrons. The summed E-state index contributed by atoms with van der Waals surface area (Å²) in [4.78, 5) is 0. The van der Waals surface area contributed by atoms with Crippen LogP contribution in [-0.2, 0) is 11.1 Å². The fraction of sp³-hybridized carbons (Fsp3) is 0.333. The molecule has 2 aromatic rings. The maximum Gasteiger partial charge on any atom is 0.123 e. The number of hydrogen-bond donors (Lipinski definition) is 0. The summed E-state index contributed by atoms with van der Waals surface area (Å²) in [6.07, 6.45) is 4.53. The van der Waals surface area contributed by atoms with Crippen molar-refractivity contribution < 1.29 is 12.4 Å². The van der Waals surface area contributed by atoms with E-state index >= 15 is 0 Å². The van der Waals surface area contributed by atoms with Gasteiger partial charge in [0.15, 0.2) is 0 Å². The fourth-order valence-electron chi connectivity index (χ4n) is 1.97. The molecule has 0 fully saturated rings. The first-order valence-electron chi connectivity index (χ1n) is 4.77. The van der Waals surface area contributed by atoms with Crippen molar-refractivity contribution in [3.63, 3.8) is 0 Å². The third-order valence-electron chi connectivity index (χ3n) is 2.74. The minimum absolute atomic E-state index is 0. The highest BCUT2D eigenvalue weighted by Gasteiger charge is 2.17. The predicted octanol–water partition coefficient (Wildman–Crippen LogP) is -0.0969. The third kappa shape index (κ3) is 1.88. The number of aryl methyl sites for hydroxylation is 1. The van der Waals surface area contributed by atoms with Gasteiger partial charge < -0.3 is 12.4 Å². The zero-order chi connectivity index (χ0) is 10.3. The van der Waals surface area contributed by atoms with Gasteiger partial charge in [-0.25, -0.2) is 0 Å². The Kier molecular flexibility index (Phi) is 3.74. The van der Waals surface area contributed by atoms with Gasteiger partial charge in [0.25, 0.3) is 0 Å². The van der Waals surface area contributed by atoms with E-state index in [1.165, 1.54) is 22.2 Å². The molecule has 0 aliphatic rings. The van der Waals surface area contributed by atoms with E-state index in [4.69, 9.17) is 0 Å². The van der Waals surface area contributed by atoms with E-state index in [0.717, 1.165) is 0 Å². The summed E-state index contributed by atoms with van der Waals surface area (Å²) in [5, 5.41) is 1.39. The van der Waals surface area contributed by atoms with Crippen molar-refractivity contribution in [1.82, 2.24) is 3.97 Å². The van der Waals surface area contributed by atoms with Crippen LogP contribution in [0.15, 0.2) is 24.3 Å². The lowest BCUT2D eigenvalue weighted by Crippen LogP contribution is -3.00. The van der Waals surface area contributed by atoms with Crippen LogP contribution in [0.25, 0.3) is 10.9 Å². The molecule has 0 bridgehead atoms. The van der Waals surface area contributed by atoms with Crippen molar-refractivity contribution in [2.24, 2.45) is 0 Å². The van der Waals surface area contributed by atoms with Crippen LogP contribution in [0.3, 0.4) is 0 Å². The van der Waals surface area contributed by atoms with E-state index in [1.54, 1.807) is 0 Å². The SMILES string of the molecule is Cc1c(C)n([S+](C)C)c2ccccc12.[Cl-]. The molecule has 0 atom stereocenters. The number of benzene rings is 1. The summed E-state index contributed by atoms with van der Waals surface area (Å²) in [5.74, 6) is 0. The Morgan fingerprint density at radius 2 is 1.67 bits per heavy atom. The molecule has 82 valence electrons. The number of halogens is 1. The molecule has 0 amide bonds. The first-order chi connectivity index (χ1) is 6.63. The molecule has 2 rings (SSSR count). The van der Waals surface area contributed by atoms with Crippen LogP contribution in [0.2, 0.25) is 0 Å². The maximum atomic E-state index is 2.44. The summed E-state index contributed by atoms with van der Waals surface area (Å²) in [7, 11) is 0. The number of fused-ring (bicyclic) bond motifs is 1. The molecule has 1 nitrogen and oxygen atoms in total. The molecule has 1 aromatic heterocycles. The Balaban J connectivity index is 0.00000112. The number of nitrogens with zero attached hydrogens (tertiary/aromatic N) is 1. The lowest BCUT2D eigenvalue weighted by atomic mass is 10.2. The van der Waals surface area contributed by atoms with E-state index in [2.05, 4.69) is 54.6 Å². The third-order valence-corrected chi connectivity index (χ3v) is 3.94. The van der Waals surface area contributed by atoms with Crippen molar-refractivity contribution >= 4 is 22.0 Å². The molecule has 1 aromatic carbocycles. The first-order valence-corrected chi connectivity index (χ1v) is 6.77. The molecule has 0 saturated heterocycles. The monoisotopic (exact) mass is 241 g/mol. The van der Waals surface area contributed by atoms with Crippen LogP contribution in [0.5, 0.6) is 0 Å². The minimum atomic E-state index is 0. The van der Waals surface area contributed by atoms with Gasteiger partial charge in [0, 0.05) is 5.39 Å². The van der Waals surface area contributed by atoms with E-state index < -0.39 is 0 Å². The molecule has 1 heterocycles. The van der Waals surface area contributed by atoms with E-state index in [1.807, 2.05) is 0 Å². The predicted molar refractivity (Wildman–Crippen MR) is 66.0 cm³/mol. The smallest absolute Gasteiger partial charge is 0.123 e. The Labute approximate surface area is 100 Å². The Morgan fingerprint density at radius 3 is 2.27 bits per heavy atom. The van der Waals surface area contributed by atoms with E-state index in [0.29, 0.717) is 0 Å². The highest BCUT2D eigenvalue weighted by Crippen LogP contribution is 2.25. The maximum absolute atomic E-state index is 2.44. The second-order valence-corrected chi connectivity index (χ2v) is 5.71. The molecule has 15 heavy (non-hydrogen) atoms. The van der Waals surface area contributed by atoms with Gasteiger partial charge in [-0.15, -0.1) is 0 Å². The van der Waals surface area contributed by atoms with Crippen molar-refractivity contribution in [3.05, 3.63) is 35.5 Å². The fourth-order valence-corrected chi connectivity index (χ4v) is 3.20. The molecule has 3 heteroatoms. The van der Waals surface area contributed by atoms with Gasteiger partial charge in [0.1, 0.15) is 12.5 Å². The number of hydrogen-bond acceptors (Lipinski definition) is 0. The summed E-state index contributed by atoms with van der Waals surface area (Å²) in [6.45, 7) is 4.42. The molecule has 0 N–H and O–H groups in total. The Bertz CT molecular complexity index is 474. The molecular weight excluding hydrogens is 226 g/mol. The number of aromatic nitrogens is 1. The molecule has 0 aliphatic heterocycles. The average molecular weight is 242 g/mol. The average Bonchev–Trinajstić information content (AvgIpc) is 2.41. The first kappa shape index (κ1) is 12.5. The molecular formula is C12H16ClNS. The number of rotatable bonds is 1. The summed E-state index contributed by atoms with van der Waals surface area (Å²) in [6, 6.07) is 8.65. The van der Waals surface area contributed by atoms with Gasteiger partial charge in [-0.05, 0) is 25.5 Å². The van der Waals surface area contributed by atoms with Crippen molar-refractivity contribution in [1.29, 1.82) is 0 Å². The van der Waals surface area contributed by atoms with E-state index in [9.17, 15) is 0 Å². The van der Waals surface area contributed by atoms with Gasteiger partial charge in [-0.2, -0.15) is 3.97 Å². The Hall–Kier alpha value is -0.600. The van der Waals surface area contributed by atoms with Gasteiger partial charge in [0.2, 0.25) is 0 Å². The largest absolute Gasteiger partial charge is 1.00 e. The number of para-hydroxylation sites is 1. The molecule has 0 saturated carbocycles. The standard InChI is InChI=1S/C12H16NS.ClH/c1-9-10(2)13(14(3)4)12-8-6-5-7-11(9)12;/h5-8H,1-4H3;1H/q+1;/p-1. The molecule has 0 unspecified atom stereocenters.